The molecule has 2 N–H and O–H groups in total. The van der Waals surface area contributed by atoms with Crippen LogP contribution in [0.3, 0.4) is 0 Å². The number of aromatic carboxylic acids is 1. The molecule has 0 aliphatic rings. The number of benzene rings is 1. The first-order chi connectivity index (χ1) is 8.49. The summed E-state index contributed by atoms with van der Waals surface area (Å²) in [5, 5.41) is 9.70. The van der Waals surface area contributed by atoms with E-state index >= 15 is 0 Å². The molecule has 5 heteroatoms. The van der Waals surface area contributed by atoms with Gasteiger partial charge in [0.25, 0.3) is 0 Å². The first kappa shape index (κ1) is 12.4. The lowest BCUT2D eigenvalue weighted by Gasteiger charge is -2.09. The number of aromatic amines is 1. The van der Waals surface area contributed by atoms with Crippen LogP contribution in [0.15, 0.2) is 35.3 Å². The van der Waals surface area contributed by atoms with Gasteiger partial charge in [-0.05, 0) is 30.2 Å². The Bertz CT molecular complexity index is 676. The van der Waals surface area contributed by atoms with Gasteiger partial charge in [-0.2, -0.15) is 0 Å². The zero-order valence-corrected chi connectivity index (χ0v) is 10.3. The number of pyridine rings is 1. The first-order valence-corrected chi connectivity index (χ1v) is 5.59. The number of carboxylic acids is 1. The lowest BCUT2D eigenvalue weighted by Crippen LogP contribution is -2.10. The number of carboxylic acid groups (broad SMARTS) is 1. The number of nitrogens with one attached hydrogen (secondary N) is 1. The van der Waals surface area contributed by atoms with Crippen molar-refractivity contribution < 1.29 is 9.90 Å². The zero-order valence-electron chi connectivity index (χ0n) is 9.53. The number of rotatable bonds is 2. The van der Waals surface area contributed by atoms with E-state index in [-0.39, 0.29) is 5.56 Å². The number of aryl methyl sites for hydroxylation is 1. The Hall–Kier alpha value is -2.07. The van der Waals surface area contributed by atoms with Crippen LogP contribution in [0, 0.1) is 6.92 Å². The van der Waals surface area contributed by atoms with Gasteiger partial charge in [0.1, 0.15) is 0 Å². The predicted molar refractivity (Wildman–Crippen MR) is 69.2 cm³/mol. The second kappa shape index (κ2) is 4.66. The Balaban J connectivity index is 2.71. The van der Waals surface area contributed by atoms with E-state index in [1.54, 1.807) is 18.2 Å². The van der Waals surface area contributed by atoms with Crippen LogP contribution in [0.4, 0.5) is 0 Å². The largest absolute Gasteiger partial charge is 0.478 e. The smallest absolute Gasteiger partial charge is 0.336 e. The zero-order chi connectivity index (χ0) is 13.3. The SMILES string of the molecule is Cc1cc(Cl)ccc1-c1c[nH]c(=O)cc1C(=O)O. The van der Waals surface area contributed by atoms with Crippen molar-refractivity contribution >= 4 is 17.6 Å². The van der Waals surface area contributed by atoms with Gasteiger partial charge in [-0.1, -0.05) is 17.7 Å². The molecular formula is C13H10ClNO3. The Morgan fingerprint density at radius 1 is 1.28 bits per heavy atom. The Kier molecular flexibility index (Phi) is 3.21. The summed E-state index contributed by atoms with van der Waals surface area (Å²) in [5.74, 6) is -1.13. The molecule has 2 rings (SSSR count). The fourth-order valence-corrected chi connectivity index (χ4v) is 2.03. The molecule has 0 radical (unpaired) electrons. The molecule has 0 atom stereocenters. The van der Waals surface area contributed by atoms with Crippen LogP contribution in [0.5, 0.6) is 0 Å². The second-order valence-electron chi connectivity index (χ2n) is 3.89. The third-order valence-electron chi connectivity index (χ3n) is 2.63. The molecule has 0 bridgehead atoms. The molecule has 1 aromatic heterocycles. The van der Waals surface area contributed by atoms with Crippen LogP contribution in [-0.2, 0) is 0 Å². The van der Waals surface area contributed by atoms with Crippen LogP contribution in [0.25, 0.3) is 11.1 Å². The number of carbonyl (C=O) groups is 1. The lowest BCUT2D eigenvalue weighted by atomic mass is 9.98. The van der Waals surface area contributed by atoms with Gasteiger partial charge >= 0.3 is 5.97 Å². The van der Waals surface area contributed by atoms with Gasteiger partial charge in [0.05, 0.1) is 5.56 Å². The van der Waals surface area contributed by atoms with Gasteiger partial charge in [-0.15, -0.1) is 0 Å². The van der Waals surface area contributed by atoms with E-state index < -0.39 is 11.5 Å². The highest BCUT2D eigenvalue weighted by Gasteiger charge is 2.14. The van der Waals surface area contributed by atoms with Crippen molar-refractivity contribution in [3.05, 3.63) is 57.0 Å². The van der Waals surface area contributed by atoms with Crippen LogP contribution < -0.4 is 5.56 Å². The lowest BCUT2D eigenvalue weighted by molar-refractivity contribution is 0.0697. The summed E-state index contributed by atoms with van der Waals surface area (Å²) in [6.07, 6.45) is 1.40. The standard InChI is InChI=1S/C13H10ClNO3/c1-7-4-8(14)2-3-9(7)11-6-15-12(16)5-10(11)13(17)18/h2-6H,1H3,(H,15,16)(H,17,18). The normalized spacial score (nSPS) is 10.3. The number of halogens is 1. The highest BCUT2D eigenvalue weighted by atomic mass is 35.5. The molecule has 2 aromatic rings. The molecule has 4 nitrogen and oxygen atoms in total. The molecule has 92 valence electrons. The molecule has 1 aromatic carbocycles. The summed E-state index contributed by atoms with van der Waals surface area (Å²) < 4.78 is 0. The van der Waals surface area contributed by atoms with Gasteiger partial charge in [-0.3, -0.25) is 4.79 Å². The molecule has 0 unspecified atom stereocenters. The maximum Gasteiger partial charge on any atom is 0.336 e. The molecule has 0 amide bonds. The number of aromatic nitrogens is 1. The maximum absolute atomic E-state index is 11.2. The van der Waals surface area contributed by atoms with Crippen molar-refractivity contribution in [1.82, 2.24) is 4.98 Å². The summed E-state index contributed by atoms with van der Waals surface area (Å²) in [4.78, 5) is 24.8. The van der Waals surface area contributed by atoms with Crippen LogP contribution in [0.2, 0.25) is 5.02 Å². The van der Waals surface area contributed by atoms with E-state index in [0.717, 1.165) is 17.2 Å². The van der Waals surface area contributed by atoms with E-state index in [1.807, 2.05) is 6.92 Å². The van der Waals surface area contributed by atoms with Gasteiger partial charge in [0.15, 0.2) is 0 Å². The summed E-state index contributed by atoms with van der Waals surface area (Å²) in [5.41, 5.74) is 1.58. The fourth-order valence-electron chi connectivity index (χ4n) is 1.80. The van der Waals surface area contributed by atoms with Crippen molar-refractivity contribution in [2.24, 2.45) is 0 Å². The highest BCUT2D eigenvalue weighted by Crippen LogP contribution is 2.27. The molecule has 0 saturated carbocycles. The molecule has 0 spiro atoms. The highest BCUT2D eigenvalue weighted by molar-refractivity contribution is 6.30. The van der Waals surface area contributed by atoms with E-state index in [0.29, 0.717) is 10.6 Å². The maximum atomic E-state index is 11.2. The fraction of sp³-hybridized carbons (Fsp3) is 0.0769. The molecule has 0 saturated heterocycles. The molecule has 0 aliphatic carbocycles. The molecule has 0 aliphatic heterocycles. The van der Waals surface area contributed by atoms with E-state index in [9.17, 15) is 9.59 Å². The minimum absolute atomic E-state index is 0.0239. The van der Waals surface area contributed by atoms with Crippen molar-refractivity contribution in [3.63, 3.8) is 0 Å². The predicted octanol–water partition coefficient (Wildman–Crippen LogP) is 2.70. The number of hydrogen-bond donors (Lipinski definition) is 2. The average molecular weight is 264 g/mol. The van der Waals surface area contributed by atoms with Crippen molar-refractivity contribution in [1.29, 1.82) is 0 Å². The third-order valence-corrected chi connectivity index (χ3v) is 2.87. The number of hydrogen-bond acceptors (Lipinski definition) is 2. The first-order valence-electron chi connectivity index (χ1n) is 5.21. The quantitative estimate of drug-likeness (QED) is 0.875. The van der Waals surface area contributed by atoms with Crippen molar-refractivity contribution in [3.8, 4) is 11.1 Å². The van der Waals surface area contributed by atoms with Crippen molar-refractivity contribution in [2.45, 2.75) is 6.92 Å². The van der Waals surface area contributed by atoms with E-state index in [2.05, 4.69) is 4.98 Å². The van der Waals surface area contributed by atoms with E-state index in [4.69, 9.17) is 16.7 Å². The van der Waals surface area contributed by atoms with Gasteiger partial charge < -0.3 is 10.1 Å². The summed E-state index contributed by atoms with van der Waals surface area (Å²) in [7, 11) is 0. The minimum atomic E-state index is -1.13. The molecule has 0 fully saturated rings. The van der Waals surface area contributed by atoms with Gasteiger partial charge in [0.2, 0.25) is 5.56 Å². The average Bonchev–Trinajstić information content (AvgIpc) is 2.29. The van der Waals surface area contributed by atoms with Gasteiger partial charge in [-0.25, -0.2) is 4.79 Å². The Morgan fingerprint density at radius 3 is 2.61 bits per heavy atom. The Labute approximate surface area is 108 Å². The van der Waals surface area contributed by atoms with E-state index in [1.165, 1.54) is 6.20 Å². The Morgan fingerprint density at radius 2 is 2.00 bits per heavy atom. The van der Waals surface area contributed by atoms with Crippen LogP contribution in [-0.4, -0.2) is 16.1 Å². The molecule has 18 heavy (non-hydrogen) atoms. The number of H-pyrrole nitrogens is 1. The van der Waals surface area contributed by atoms with Crippen LogP contribution in [0.1, 0.15) is 15.9 Å². The minimum Gasteiger partial charge on any atom is -0.478 e. The summed E-state index contributed by atoms with van der Waals surface area (Å²) in [6, 6.07) is 6.23. The third kappa shape index (κ3) is 2.28. The monoisotopic (exact) mass is 263 g/mol. The molecule has 1 heterocycles. The summed E-state index contributed by atoms with van der Waals surface area (Å²) in [6.45, 7) is 1.83. The topological polar surface area (TPSA) is 70.2 Å². The van der Waals surface area contributed by atoms with Gasteiger partial charge in [0, 0.05) is 22.8 Å². The molecular weight excluding hydrogens is 254 g/mol. The summed E-state index contributed by atoms with van der Waals surface area (Å²) >= 11 is 5.86. The van der Waals surface area contributed by atoms with Crippen LogP contribution >= 0.6 is 11.6 Å². The van der Waals surface area contributed by atoms with Crippen molar-refractivity contribution in [2.75, 3.05) is 0 Å². The second-order valence-corrected chi connectivity index (χ2v) is 4.33.